The maximum Gasteiger partial charge on any atom is 0.355 e. The van der Waals surface area contributed by atoms with E-state index in [4.69, 9.17) is 14.2 Å². The number of esters is 2. The molecule has 0 radical (unpaired) electrons. The molecule has 6 heteroatoms. The molecular weight excluding hydrogens is 370 g/mol. The number of hydrogen-bond acceptors (Lipinski definition) is 6. The maximum atomic E-state index is 12.7. The molecule has 1 aliphatic rings. The second kappa shape index (κ2) is 8.93. The summed E-state index contributed by atoms with van der Waals surface area (Å²) in [6.07, 6.45) is 6.63. The van der Waals surface area contributed by atoms with Crippen molar-refractivity contribution in [3.8, 4) is 16.9 Å². The molecule has 0 fully saturated rings. The number of anilines is 1. The molecule has 0 aliphatic carbocycles. The summed E-state index contributed by atoms with van der Waals surface area (Å²) in [5.41, 5.74) is 2.51. The van der Waals surface area contributed by atoms with Crippen LogP contribution in [0.25, 0.3) is 11.1 Å². The molecule has 0 unspecified atom stereocenters. The Kier molecular flexibility index (Phi) is 6.14. The van der Waals surface area contributed by atoms with Crippen molar-refractivity contribution < 1.29 is 23.8 Å². The molecule has 0 bridgehead atoms. The molecule has 2 aromatic rings. The zero-order valence-electron chi connectivity index (χ0n) is 16.4. The van der Waals surface area contributed by atoms with E-state index in [9.17, 15) is 9.59 Å². The summed E-state index contributed by atoms with van der Waals surface area (Å²) in [4.78, 5) is 26.7. The highest BCUT2D eigenvalue weighted by atomic mass is 16.5. The van der Waals surface area contributed by atoms with Crippen molar-refractivity contribution in [2.45, 2.75) is 0 Å². The van der Waals surface area contributed by atoms with Gasteiger partial charge in [-0.25, -0.2) is 9.59 Å². The van der Waals surface area contributed by atoms with Gasteiger partial charge in [0.05, 0.1) is 32.6 Å². The van der Waals surface area contributed by atoms with Crippen molar-refractivity contribution in [3.63, 3.8) is 0 Å². The monoisotopic (exact) mass is 391 g/mol. The molecule has 148 valence electrons. The standard InChI is InChI=1S/C23H21NO5/c1-27-20-14-7-5-11-17(20)16-10-4-6-13-19(16)24-15-9-8-12-18(22(25)28-2)21(24)23(26)29-3/h4-15H,1-3H3. The molecule has 1 heterocycles. The van der Waals surface area contributed by atoms with Crippen molar-refractivity contribution in [3.05, 3.63) is 84.2 Å². The predicted octanol–water partition coefficient (Wildman–Crippen LogP) is 3.85. The molecule has 0 spiro atoms. The molecule has 0 aromatic heterocycles. The van der Waals surface area contributed by atoms with Gasteiger partial charge in [-0.05, 0) is 24.3 Å². The first kappa shape index (κ1) is 19.9. The van der Waals surface area contributed by atoms with E-state index in [0.29, 0.717) is 11.4 Å². The molecule has 6 nitrogen and oxygen atoms in total. The summed E-state index contributed by atoms with van der Waals surface area (Å²) in [5, 5.41) is 0. The van der Waals surface area contributed by atoms with Gasteiger partial charge >= 0.3 is 11.9 Å². The fourth-order valence-corrected chi connectivity index (χ4v) is 3.13. The fraction of sp³-hybridized carbons (Fsp3) is 0.130. The quantitative estimate of drug-likeness (QED) is 0.722. The summed E-state index contributed by atoms with van der Waals surface area (Å²) in [7, 11) is 4.14. The van der Waals surface area contributed by atoms with Crippen LogP contribution in [0.15, 0.2) is 84.2 Å². The summed E-state index contributed by atoms with van der Waals surface area (Å²) in [6, 6.07) is 15.1. The Labute approximate surface area is 169 Å². The van der Waals surface area contributed by atoms with E-state index in [1.54, 1.807) is 30.4 Å². The van der Waals surface area contributed by atoms with E-state index in [0.717, 1.165) is 11.1 Å². The fourth-order valence-electron chi connectivity index (χ4n) is 3.13. The van der Waals surface area contributed by atoms with Crippen LogP contribution in [0.5, 0.6) is 5.75 Å². The molecule has 0 atom stereocenters. The number of rotatable bonds is 5. The van der Waals surface area contributed by atoms with Gasteiger partial charge in [0.15, 0.2) is 0 Å². The normalized spacial score (nSPS) is 13.1. The lowest BCUT2D eigenvalue weighted by molar-refractivity contribution is -0.139. The van der Waals surface area contributed by atoms with Crippen molar-refractivity contribution in [1.82, 2.24) is 0 Å². The minimum absolute atomic E-state index is 0.0618. The van der Waals surface area contributed by atoms with E-state index in [1.165, 1.54) is 20.3 Å². The van der Waals surface area contributed by atoms with Gasteiger partial charge in [0, 0.05) is 17.3 Å². The number of methoxy groups -OCH3 is 3. The second-order valence-corrected chi connectivity index (χ2v) is 6.03. The molecule has 0 saturated heterocycles. The first-order valence-electron chi connectivity index (χ1n) is 8.89. The molecule has 3 rings (SSSR count). The van der Waals surface area contributed by atoms with E-state index in [1.807, 2.05) is 48.5 Å². The number of carbonyl (C=O) groups is 2. The summed E-state index contributed by atoms with van der Waals surface area (Å²) >= 11 is 0. The average Bonchev–Trinajstić information content (AvgIpc) is 3.01. The number of ether oxygens (including phenoxy) is 3. The van der Waals surface area contributed by atoms with Gasteiger partial charge < -0.3 is 19.1 Å². The SMILES string of the molecule is COC(=O)C1=C(C(=O)OC)N(c2ccccc2-c2ccccc2OC)C=CC=C1. The third kappa shape index (κ3) is 3.91. The lowest BCUT2D eigenvalue weighted by atomic mass is 10.0. The zero-order chi connectivity index (χ0) is 20.8. The van der Waals surface area contributed by atoms with Crippen LogP contribution >= 0.6 is 0 Å². The molecule has 0 N–H and O–H groups in total. The smallest absolute Gasteiger partial charge is 0.355 e. The highest BCUT2D eigenvalue weighted by Gasteiger charge is 2.28. The first-order valence-corrected chi connectivity index (χ1v) is 8.89. The zero-order valence-corrected chi connectivity index (χ0v) is 16.4. The van der Waals surface area contributed by atoms with Gasteiger partial charge in [0.1, 0.15) is 11.4 Å². The number of hydrogen-bond donors (Lipinski definition) is 0. The molecule has 29 heavy (non-hydrogen) atoms. The van der Waals surface area contributed by atoms with Gasteiger partial charge in [-0.2, -0.15) is 0 Å². The molecular formula is C23H21NO5. The highest BCUT2D eigenvalue weighted by Crippen LogP contribution is 2.39. The molecule has 0 amide bonds. The molecule has 1 aliphatic heterocycles. The number of carbonyl (C=O) groups excluding carboxylic acids is 2. The summed E-state index contributed by atoms with van der Waals surface area (Å²) < 4.78 is 15.4. The highest BCUT2D eigenvalue weighted by molar-refractivity contribution is 6.06. The second-order valence-electron chi connectivity index (χ2n) is 6.03. The van der Waals surface area contributed by atoms with Gasteiger partial charge in [0.25, 0.3) is 0 Å². The van der Waals surface area contributed by atoms with Crippen molar-refractivity contribution in [2.24, 2.45) is 0 Å². The lowest BCUT2D eigenvalue weighted by Crippen LogP contribution is -2.27. The van der Waals surface area contributed by atoms with Crippen LogP contribution in [0.4, 0.5) is 5.69 Å². The van der Waals surface area contributed by atoms with Crippen LogP contribution in [0, 0.1) is 0 Å². The predicted molar refractivity (Wildman–Crippen MR) is 110 cm³/mol. The van der Waals surface area contributed by atoms with Crippen LogP contribution in [-0.4, -0.2) is 33.3 Å². The van der Waals surface area contributed by atoms with Crippen molar-refractivity contribution in [2.75, 3.05) is 26.2 Å². The Bertz CT molecular complexity index is 1020. The Balaban J connectivity index is 2.27. The number of para-hydroxylation sites is 2. The Morgan fingerprint density at radius 3 is 2.14 bits per heavy atom. The van der Waals surface area contributed by atoms with Gasteiger partial charge in [-0.3, -0.25) is 0 Å². The van der Waals surface area contributed by atoms with Crippen LogP contribution in [0.2, 0.25) is 0 Å². The largest absolute Gasteiger partial charge is 0.496 e. The maximum absolute atomic E-state index is 12.7. The summed E-state index contributed by atoms with van der Waals surface area (Å²) in [5.74, 6) is -0.602. The van der Waals surface area contributed by atoms with Crippen molar-refractivity contribution >= 4 is 17.6 Å². The van der Waals surface area contributed by atoms with Crippen LogP contribution in [0.1, 0.15) is 0 Å². The Morgan fingerprint density at radius 1 is 0.793 bits per heavy atom. The van der Waals surface area contributed by atoms with Crippen LogP contribution in [-0.2, 0) is 19.1 Å². The minimum Gasteiger partial charge on any atom is -0.496 e. The number of benzene rings is 2. The third-order valence-corrected chi connectivity index (χ3v) is 4.45. The van der Waals surface area contributed by atoms with Gasteiger partial charge in [0.2, 0.25) is 0 Å². The Morgan fingerprint density at radius 2 is 1.45 bits per heavy atom. The van der Waals surface area contributed by atoms with E-state index in [-0.39, 0.29) is 11.3 Å². The van der Waals surface area contributed by atoms with Gasteiger partial charge in [-0.1, -0.05) is 42.5 Å². The Hall–Kier alpha value is -3.80. The molecule has 2 aromatic carbocycles. The van der Waals surface area contributed by atoms with Crippen molar-refractivity contribution in [1.29, 1.82) is 0 Å². The lowest BCUT2D eigenvalue weighted by Gasteiger charge is -2.26. The first-order chi connectivity index (χ1) is 14.1. The molecule has 0 saturated carbocycles. The average molecular weight is 391 g/mol. The number of allylic oxidation sites excluding steroid dienone is 2. The number of nitrogens with zero attached hydrogens (tertiary/aromatic N) is 1. The topological polar surface area (TPSA) is 65.1 Å². The van der Waals surface area contributed by atoms with Crippen LogP contribution in [0.3, 0.4) is 0 Å². The minimum atomic E-state index is -0.656. The van der Waals surface area contributed by atoms with E-state index < -0.39 is 11.9 Å². The summed E-state index contributed by atoms with van der Waals surface area (Å²) in [6.45, 7) is 0. The van der Waals surface area contributed by atoms with E-state index >= 15 is 0 Å². The van der Waals surface area contributed by atoms with E-state index in [2.05, 4.69) is 0 Å². The van der Waals surface area contributed by atoms with Gasteiger partial charge in [-0.15, -0.1) is 0 Å². The third-order valence-electron chi connectivity index (χ3n) is 4.45. The van der Waals surface area contributed by atoms with Crippen LogP contribution < -0.4 is 9.64 Å².